The van der Waals surface area contributed by atoms with Gasteiger partial charge in [-0.15, -0.1) is 0 Å². The molecule has 0 spiro atoms. The van der Waals surface area contributed by atoms with Crippen LogP contribution in [-0.2, 0) is 9.47 Å². The molecule has 2 N–H and O–H groups in total. The third-order valence-corrected chi connectivity index (χ3v) is 6.33. The number of aromatic nitrogens is 2. The maximum atomic E-state index is 15.3. The summed E-state index contributed by atoms with van der Waals surface area (Å²) in [4.78, 5) is 37.6. The van der Waals surface area contributed by atoms with Crippen LogP contribution in [0.15, 0.2) is 50.9 Å². The van der Waals surface area contributed by atoms with Crippen molar-refractivity contribution in [3.05, 3.63) is 57.4 Å². The van der Waals surface area contributed by atoms with E-state index in [9.17, 15) is 19.6 Å². The van der Waals surface area contributed by atoms with Crippen LogP contribution in [0.2, 0.25) is 0 Å². The number of halogens is 1. The van der Waals surface area contributed by atoms with Crippen molar-refractivity contribution >= 4 is 8.17 Å². The highest BCUT2D eigenvalue weighted by molar-refractivity contribution is 7.34. The Morgan fingerprint density at radius 1 is 1.36 bits per heavy atom. The molecule has 0 amide bonds. The van der Waals surface area contributed by atoms with Gasteiger partial charge in [0.05, 0.1) is 6.10 Å². The summed E-state index contributed by atoms with van der Waals surface area (Å²) < 4.78 is 41.9. The summed E-state index contributed by atoms with van der Waals surface area (Å²) in [6.07, 6.45) is -2.56. The van der Waals surface area contributed by atoms with Crippen molar-refractivity contribution in [3.63, 3.8) is 0 Å². The second-order valence-electron chi connectivity index (χ2n) is 7.92. The Morgan fingerprint density at radius 2 is 2.09 bits per heavy atom. The SMILES string of the molecule is CO[C@H]1CC1N=[P+]([O-])Oc1ccccc1OC[C@H]1O[C@@H](n2ccc(=O)[nH]c2=O)[C@](C)(F)[C@@H]1O. The van der Waals surface area contributed by atoms with Crippen molar-refractivity contribution in [1.29, 1.82) is 0 Å². The van der Waals surface area contributed by atoms with E-state index in [1.54, 1.807) is 25.3 Å². The molecule has 4 rings (SSSR count). The molecule has 2 fully saturated rings. The van der Waals surface area contributed by atoms with Gasteiger partial charge in [-0.2, -0.15) is 0 Å². The van der Waals surface area contributed by atoms with Crippen molar-refractivity contribution in [2.45, 2.75) is 49.6 Å². The van der Waals surface area contributed by atoms with Gasteiger partial charge in [-0.05, 0) is 19.1 Å². The number of benzene rings is 1. The van der Waals surface area contributed by atoms with Crippen LogP contribution in [0.25, 0.3) is 0 Å². The molecule has 2 heterocycles. The van der Waals surface area contributed by atoms with Crippen molar-refractivity contribution in [1.82, 2.24) is 9.55 Å². The predicted molar refractivity (Wildman–Crippen MR) is 112 cm³/mol. The van der Waals surface area contributed by atoms with Crippen LogP contribution in [0.4, 0.5) is 4.39 Å². The minimum absolute atomic E-state index is 0.0574. The first-order valence-electron chi connectivity index (χ1n) is 10.1. The van der Waals surface area contributed by atoms with Gasteiger partial charge >= 0.3 is 13.9 Å². The molecule has 13 heteroatoms. The number of aliphatic hydroxyl groups excluding tert-OH is 1. The van der Waals surface area contributed by atoms with Gasteiger partial charge in [-0.25, -0.2) is 9.18 Å². The number of methoxy groups -OCH3 is 1. The Bertz CT molecular complexity index is 1150. The largest absolute Gasteiger partial charge is 0.575 e. The van der Waals surface area contributed by atoms with Crippen LogP contribution < -0.4 is 25.4 Å². The highest BCUT2D eigenvalue weighted by Crippen LogP contribution is 2.42. The Morgan fingerprint density at radius 3 is 2.76 bits per heavy atom. The number of nitrogens with zero attached hydrogens (tertiary/aromatic N) is 2. The van der Waals surface area contributed by atoms with Gasteiger partial charge < -0.3 is 24.2 Å². The first kappa shape index (κ1) is 23.5. The summed E-state index contributed by atoms with van der Waals surface area (Å²) >= 11 is 0. The minimum Gasteiger partial charge on any atom is -0.575 e. The van der Waals surface area contributed by atoms with Gasteiger partial charge in [-0.1, -0.05) is 16.9 Å². The first-order chi connectivity index (χ1) is 15.7. The molecule has 33 heavy (non-hydrogen) atoms. The molecule has 2 aromatic rings. The molecule has 1 saturated heterocycles. The van der Waals surface area contributed by atoms with Crippen LogP contribution in [-0.4, -0.2) is 58.4 Å². The zero-order valence-corrected chi connectivity index (χ0v) is 18.7. The molecule has 0 bridgehead atoms. The number of H-pyrrole nitrogens is 1. The van der Waals surface area contributed by atoms with Gasteiger partial charge in [0.2, 0.25) is 5.75 Å². The molecule has 2 unspecified atom stereocenters. The fourth-order valence-electron chi connectivity index (χ4n) is 3.54. The summed E-state index contributed by atoms with van der Waals surface area (Å²) in [5.74, 6) is 0.344. The average Bonchev–Trinajstić information content (AvgIpc) is 3.48. The van der Waals surface area contributed by atoms with Crippen molar-refractivity contribution < 1.29 is 33.1 Å². The smallest absolute Gasteiger partial charge is 0.395 e. The number of nitrogens with one attached hydrogen (secondary N) is 1. The van der Waals surface area contributed by atoms with E-state index in [2.05, 4.69) is 4.74 Å². The molecule has 1 aromatic carbocycles. The summed E-state index contributed by atoms with van der Waals surface area (Å²) in [6.45, 7) is 0.798. The van der Waals surface area contributed by atoms with Gasteiger partial charge in [0.15, 0.2) is 17.6 Å². The number of ether oxygens (including phenoxy) is 3. The monoisotopic (exact) mass is 483 g/mol. The van der Waals surface area contributed by atoms with Gasteiger partial charge in [0.25, 0.3) is 5.56 Å². The molecule has 1 aliphatic heterocycles. The molecular weight excluding hydrogens is 460 g/mol. The number of aromatic amines is 1. The zero-order valence-electron chi connectivity index (χ0n) is 17.8. The molecule has 1 aliphatic carbocycles. The van der Waals surface area contributed by atoms with Gasteiger partial charge in [-0.3, -0.25) is 18.9 Å². The molecule has 11 nitrogen and oxygen atoms in total. The van der Waals surface area contributed by atoms with E-state index < -0.39 is 43.5 Å². The molecule has 2 aliphatic rings. The second-order valence-corrected chi connectivity index (χ2v) is 8.81. The number of alkyl halides is 1. The predicted octanol–water partition coefficient (Wildman–Crippen LogP) is 0.624. The van der Waals surface area contributed by atoms with Gasteiger partial charge in [0, 0.05) is 25.8 Å². The zero-order chi connectivity index (χ0) is 23.8. The summed E-state index contributed by atoms with van der Waals surface area (Å²) in [7, 11) is -0.811. The van der Waals surface area contributed by atoms with E-state index in [0.717, 1.165) is 23.8 Å². The molecule has 1 saturated carbocycles. The van der Waals surface area contributed by atoms with E-state index in [1.807, 2.05) is 4.98 Å². The standard InChI is InChI=1S/C20H23FN3O8P/c1-20(21)17(26)15(31-18(20)24-8-7-16(25)22-19(24)27)10-30-12-5-3-4-6-13(12)32-33(28)23-11-9-14(11)29-2/h3-8,11,14-15,17-18,26H,9-10H2,1-2H3,(H,22,25,27)/t11?,14-,15+,17+,18+,20+/m0/s1. The lowest BCUT2D eigenvalue weighted by Gasteiger charge is -2.24. The molecule has 7 atom stereocenters. The van der Waals surface area contributed by atoms with E-state index in [1.165, 1.54) is 6.07 Å². The van der Waals surface area contributed by atoms with Crippen LogP contribution in [0.3, 0.4) is 0 Å². The number of aliphatic hydroxyl groups is 1. The van der Waals surface area contributed by atoms with Crippen molar-refractivity contribution in [2.75, 3.05) is 13.7 Å². The quantitative estimate of drug-likeness (QED) is 0.520. The van der Waals surface area contributed by atoms with E-state index in [-0.39, 0.29) is 30.3 Å². The minimum atomic E-state index is -2.36. The highest BCUT2D eigenvalue weighted by atomic mass is 31.1. The lowest BCUT2D eigenvalue weighted by molar-refractivity contribution is -0.169. The van der Waals surface area contributed by atoms with E-state index in [4.69, 9.17) is 18.7 Å². The summed E-state index contributed by atoms with van der Waals surface area (Å²) in [6, 6.07) is 7.26. The number of hydrogen-bond acceptors (Lipinski definition) is 9. The third-order valence-electron chi connectivity index (χ3n) is 5.49. The maximum Gasteiger partial charge on any atom is 0.395 e. The summed E-state index contributed by atoms with van der Waals surface area (Å²) in [5, 5.41) is 10.5. The summed E-state index contributed by atoms with van der Waals surface area (Å²) in [5.41, 5.74) is -3.87. The van der Waals surface area contributed by atoms with E-state index >= 15 is 4.39 Å². The maximum absolute atomic E-state index is 15.3. The normalized spacial score (nSPS) is 31.4. The van der Waals surface area contributed by atoms with Crippen molar-refractivity contribution in [2.24, 2.45) is 4.74 Å². The fourth-order valence-corrected chi connectivity index (χ4v) is 4.39. The van der Waals surface area contributed by atoms with Crippen LogP contribution in [0.5, 0.6) is 11.5 Å². The van der Waals surface area contributed by atoms with Gasteiger partial charge in [0.1, 0.15) is 24.9 Å². The number of rotatable bonds is 8. The number of hydrogen-bond donors (Lipinski definition) is 2. The Hall–Kier alpha value is -2.63. The lowest BCUT2D eigenvalue weighted by Crippen LogP contribution is -2.43. The first-order valence-corrected chi connectivity index (χ1v) is 11.3. The molecular formula is C20H23FN3O8P. The highest BCUT2D eigenvalue weighted by Gasteiger charge is 2.55. The van der Waals surface area contributed by atoms with Crippen LogP contribution in [0.1, 0.15) is 19.6 Å². The lowest BCUT2D eigenvalue weighted by atomic mass is 9.98. The Kier molecular flexibility index (Phi) is 6.64. The van der Waals surface area contributed by atoms with Crippen molar-refractivity contribution in [3.8, 4) is 11.5 Å². The number of para-hydroxylation sites is 2. The average molecular weight is 483 g/mol. The molecule has 1 aromatic heterocycles. The second kappa shape index (κ2) is 9.32. The van der Waals surface area contributed by atoms with Crippen LogP contribution in [0, 0.1) is 0 Å². The topological polar surface area (TPSA) is 147 Å². The van der Waals surface area contributed by atoms with Crippen LogP contribution >= 0.6 is 8.17 Å². The Labute approximate surface area is 188 Å². The Balaban J connectivity index is 1.45. The fraction of sp³-hybridized carbons (Fsp3) is 0.500. The molecule has 0 radical (unpaired) electrons. The van der Waals surface area contributed by atoms with E-state index in [0.29, 0.717) is 6.42 Å². The third kappa shape index (κ3) is 4.99. The molecule has 178 valence electrons.